The van der Waals surface area contributed by atoms with E-state index >= 15 is 0 Å². The summed E-state index contributed by atoms with van der Waals surface area (Å²) in [5.41, 5.74) is 0. The number of nitrogens with one attached hydrogen (secondary N) is 2. The van der Waals surface area contributed by atoms with E-state index in [0.717, 1.165) is 42.6 Å². The molecule has 0 amide bonds. The Labute approximate surface area is 109 Å². The van der Waals surface area contributed by atoms with Gasteiger partial charge >= 0.3 is 0 Å². The summed E-state index contributed by atoms with van der Waals surface area (Å²) in [4.78, 5) is 7.62. The van der Waals surface area contributed by atoms with Crippen molar-refractivity contribution in [3.63, 3.8) is 0 Å². The number of piperidine rings is 1. The number of rotatable bonds is 3. The van der Waals surface area contributed by atoms with Crippen LogP contribution < -0.4 is 10.2 Å². The van der Waals surface area contributed by atoms with E-state index in [1.54, 1.807) is 6.20 Å². The fourth-order valence-electron chi connectivity index (χ4n) is 2.14. The molecule has 2 aromatic heterocycles. The second kappa shape index (κ2) is 4.99. The molecule has 3 heterocycles. The summed E-state index contributed by atoms with van der Waals surface area (Å²) in [6, 6.07) is 0.616. The minimum Gasteiger partial charge on any atom is -0.339 e. The van der Waals surface area contributed by atoms with Gasteiger partial charge < -0.3 is 10.2 Å². The van der Waals surface area contributed by atoms with Gasteiger partial charge in [-0.1, -0.05) is 4.49 Å². The van der Waals surface area contributed by atoms with Crippen LogP contribution in [0.1, 0.15) is 12.8 Å². The van der Waals surface area contributed by atoms with E-state index in [-0.39, 0.29) is 0 Å². The zero-order chi connectivity index (χ0) is 12.4. The van der Waals surface area contributed by atoms with Crippen molar-refractivity contribution in [1.82, 2.24) is 30.1 Å². The van der Waals surface area contributed by atoms with Crippen LogP contribution in [-0.2, 0) is 0 Å². The molecule has 0 atom stereocenters. The monoisotopic (exact) mass is 265 g/mol. The number of H-pyrrole nitrogens is 1. The fourth-order valence-corrected chi connectivity index (χ4v) is 2.60. The molecule has 1 aliphatic heterocycles. The van der Waals surface area contributed by atoms with Gasteiger partial charge in [0, 0.05) is 19.1 Å². The summed E-state index contributed by atoms with van der Waals surface area (Å²) in [5.74, 6) is 1.52. The molecule has 8 heteroatoms. The van der Waals surface area contributed by atoms with Crippen LogP contribution in [0.4, 0.5) is 5.95 Å². The first kappa shape index (κ1) is 11.5. The predicted molar refractivity (Wildman–Crippen MR) is 69.6 cm³/mol. The molecule has 0 aromatic carbocycles. The van der Waals surface area contributed by atoms with E-state index in [2.05, 4.69) is 35.0 Å². The normalized spacial score (nSPS) is 17.3. The van der Waals surface area contributed by atoms with E-state index in [9.17, 15) is 0 Å². The van der Waals surface area contributed by atoms with E-state index < -0.39 is 0 Å². The van der Waals surface area contributed by atoms with Crippen LogP contribution in [0.3, 0.4) is 0 Å². The van der Waals surface area contributed by atoms with Crippen molar-refractivity contribution in [2.75, 3.05) is 25.0 Å². The smallest absolute Gasteiger partial charge is 0.245 e. The Kier molecular flexibility index (Phi) is 3.20. The maximum Gasteiger partial charge on any atom is 0.245 e. The van der Waals surface area contributed by atoms with E-state index in [1.165, 1.54) is 11.5 Å². The van der Waals surface area contributed by atoms with Crippen LogP contribution in [0.5, 0.6) is 0 Å². The average Bonchev–Trinajstić information content (AvgIpc) is 3.09. The van der Waals surface area contributed by atoms with Gasteiger partial charge in [-0.05, 0) is 31.4 Å². The number of aromatic nitrogens is 5. The Morgan fingerprint density at radius 1 is 1.44 bits per heavy atom. The summed E-state index contributed by atoms with van der Waals surface area (Å²) in [6.45, 7) is 1.98. The highest BCUT2D eigenvalue weighted by atomic mass is 32.1. The highest BCUT2D eigenvalue weighted by Gasteiger charge is 2.21. The van der Waals surface area contributed by atoms with Crippen LogP contribution in [0, 0.1) is 0 Å². The highest BCUT2D eigenvalue weighted by Crippen LogP contribution is 2.21. The Balaban J connectivity index is 1.71. The fraction of sp³-hybridized carbons (Fsp3) is 0.600. The Hall–Kier alpha value is -1.54. The van der Waals surface area contributed by atoms with Crippen molar-refractivity contribution in [2.24, 2.45) is 0 Å². The molecule has 0 spiro atoms. The first-order valence-corrected chi connectivity index (χ1v) is 6.76. The first-order chi connectivity index (χ1) is 8.86. The van der Waals surface area contributed by atoms with E-state index in [0.29, 0.717) is 6.04 Å². The number of nitrogens with zero attached hydrogens (tertiary/aromatic N) is 5. The van der Waals surface area contributed by atoms with Crippen molar-refractivity contribution < 1.29 is 0 Å². The maximum absolute atomic E-state index is 4.50. The second-order valence-electron chi connectivity index (χ2n) is 4.32. The Morgan fingerprint density at radius 2 is 2.28 bits per heavy atom. The van der Waals surface area contributed by atoms with E-state index in [4.69, 9.17) is 0 Å². The molecule has 7 nitrogen and oxygen atoms in total. The third-order valence-electron chi connectivity index (χ3n) is 3.25. The van der Waals surface area contributed by atoms with Gasteiger partial charge in [0.15, 0.2) is 5.82 Å². The van der Waals surface area contributed by atoms with Crippen LogP contribution in [0.25, 0.3) is 10.7 Å². The molecule has 0 bridgehead atoms. The molecule has 2 N–H and O–H groups in total. The van der Waals surface area contributed by atoms with Gasteiger partial charge in [0.1, 0.15) is 4.88 Å². The lowest BCUT2D eigenvalue weighted by Gasteiger charge is -2.30. The maximum atomic E-state index is 4.50. The van der Waals surface area contributed by atoms with Gasteiger partial charge in [-0.2, -0.15) is 4.98 Å². The minimum atomic E-state index is 0.616. The molecule has 0 aliphatic carbocycles. The summed E-state index contributed by atoms with van der Waals surface area (Å²) in [5, 5.41) is 14.3. The largest absolute Gasteiger partial charge is 0.339 e. The van der Waals surface area contributed by atoms with Gasteiger partial charge in [-0.3, -0.25) is 5.10 Å². The lowest BCUT2D eigenvalue weighted by molar-refractivity contribution is 0.439. The van der Waals surface area contributed by atoms with Crippen LogP contribution in [0.15, 0.2) is 6.20 Å². The van der Waals surface area contributed by atoms with Crippen LogP contribution in [-0.4, -0.2) is 50.9 Å². The summed E-state index contributed by atoms with van der Waals surface area (Å²) >= 11 is 1.32. The van der Waals surface area contributed by atoms with E-state index in [1.807, 2.05) is 7.05 Å². The molecule has 1 aliphatic rings. The van der Waals surface area contributed by atoms with Crippen molar-refractivity contribution in [3.8, 4) is 10.7 Å². The molecule has 1 fully saturated rings. The van der Waals surface area contributed by atoms with Crippen LogP contribution >= 0.6 is 11.5 Å². The topological polar surface area (TPSA) is 82.6 Å². The number of hydrogen-bond donors (Lipinski definition) is 2. The summed E-state index contributed by atoms with van der Waals surface area (Å²) in [7, 11) is 2.02. The molecular weight excluding hydrogens is 250 g/mol. The zero-order valence-electron chi connectivity index (χ0n) is 10.1. The van der Waals surface area contributed by atoms with Crippen LogP contribution in [0.2, 0.25) is 0 Å². The molecule has 0 unspecified atom stereocenters. The lowest BCUT2D eigenvalue weighted by Crippen LogP contribution is -2.41. The van der Waals surface area contributed by atoms with Gasteiger partial charge in [-0.15, -0.1) is 10.2 Å². The zero-order valence-corrected chi connectivity index (χ0v) is 10.9. The summed E-state index contributed by atoms with van der Waals surface area (Å²) < 4.78 is 3.82. The van der Waals surface area contributed by atoms with Gasteiger partial charge in [-0.25, -0.2) is 0 Å². The number of hydrogen-bond acceptors (Lipinski definition) is 7. The predicted octanol–water partition coefficient (Wildman–Crippen LogP) is 0.511. The molecule has 1 saturated heterocycles. The molecule has 2 aromatic rings. The molecule has 3 rings (SSSR count). The minimum absolute atomic E-state index is 0.616. The van der Waals surface area contributed by atoms with Gasteiger partial charge in [0.05, 0.1) is 6.20 Å². The quantitative estimate of drug-likeness (QED) is 0.841. The van der Waals surface area contributed by atoms with Crippen molar-refractivity contribution in [2.45, 2.75) is 18.9 Å². The molecule has 0 saturated carbocycles. The standard InChI is InChI=1S/C10H15N7S/c1-11-7-2-4-17(5-3-7)10-13-9(14-15-10)8-6-12-16-18-8/h6-7,11H,2-5H2,1H3,(H,13,14,15). The number of anilines is 1. The Morgan fingerprint density at radius 3 is 2.94 bits per heavy atom. The summed E-state index contributed by atoms with van der Waals surface area (Å²) in [6.07, 6.45) is 3.95. The number of aromatic amines is 1. The molecular formula is C10H15N7S. The van der Waals surface area contributed by atoms with Gasteiger partial charge in [0.25, 0.3) is 0 Å². The first-order valence-electron chi connectivity index (χ1n) is 5.99. The third-order valence-corrected chi connectivity index (χ3v) is 3.93. The van der Waals surface area contributed by atoms with Crippen molar-refractivity contribution in [1.29, 1.82) is 0 Å². The Bertz CT molecular complexity index is 486. The van der Waals surface area contributed by atoms with Crippen molar-refractivity contribution in [3.05, 3.63) is 6.20 Å². The molecule has 96 valence electrons. The second-order valence-corrected chi connectivity index (χ2v) is 5.10. The van der Waals surface area contributed by atoms with Gasteiger partial charge in [0.2, 0.25) is 5.95 Å². The molecule has 18 heavy (non-hydrogen) atoms. The third kappa shape index (κ3) is 2.21. The van der Waals surface area contributed by atoms with Crippen molar-refractivity contribution >= 4 is 17.5 Å². The average molecular weight is 265 g/mol. The lowest BCUT2D eigenvalue weighted by atomic mass is 10.1. The molecule has 0 radical (unpaired) electrons. The highest BCUT2D eigenvalue weighted by molar-refractivity contribution is 7.09. The SMILES string of the molecule is CNC1CCN(c2n[nH]c(-c3cnns3)n2)CC1.